The van der Waals surface area contributed by atoms with E-state index in [2.05, 4.69) is 17.3 Å². The van der Waals surface area contributed by atoms with Crippen molar-refractivity contribution in [1.29, 1.82) is 0 Å². The van der Waals surface area contributed by atoms with Crippen LogP contribution in [0.15, 0.2) is 29.6 Å². The van der Waals surface area contributed by atoms with Crippen molar-refractivity contribution >= 4 is 17.2 Å². The first kappa shape index (κ1) is 17.0. The third kappa shape index (κ3) is 4.15. The molecule has 2 heterocycles. The van der Waals surface area contributed by atoms with Gasteiger partial charge in [-0.1, -0.05) is 6.92 Å². The predicted octanol–water partition coefficient (Wildman–Crippen LogP) is 4.01. The Hall–Kier alpha value is -1.88. The highest BCUT2D eigenvalue weighted by atomic mass is 32.1. The Morgan fingerprint density at radius 2 is 2.00 bits per heavy atom. The highest BCUT2D eigenvalue weighted by Gasteiger charge is 2.20. The fourth-order valence-corrected chi connectivity index (χ4v) is 3.80. The minimum Gasteiger partial charge on any atom is -0.497 e. The van der Waals surface area contributed by atoms with Gasteiger partial charge in [-0.05, 0) is 49.4 Å². The quantitative estimate of drug-likeness (QED) is 0.823. The number of carbonyl (C=O) groups excluding carboxylic acids is 1. The van der Waals surface area contributed by atoms with Gasteiger partial charge in [-0.15, -0.1) is 11.3 Å². The van der Waals surface area contributed by atoms with E-state index in [0.717, 1.165) is 60.3 Å². The number of hydrogen-bond donors (Lipinski definition) is 0. The van der Waals surface area contributed by atoms with Crippen LogP contribution < -0.4 is 4.74 Å². The van der Waals surface area contributed by atoms with Gasteiger partial charge in [0.25, 0.3) is 0 Å². The highest BCUT2D eigenvalue weighted by molar-refractivity contribution is 7.13. The summed E-state index contributed by atoms with van der Waals surface area (Å²) in [5.74, 6) is 1.86. The van der Waals surface area contributed by atoms with Crippen molar-refractivity contribution in [3.05, 3.63) is 35.3 Å². The Morgan fingerprint density at radius 1 is 1.29 bits per heavy atom. The maximum absolute atomic E-state index is 12.3. The summed E-state index contributed by atoms with van der Waals surface area (Å²) in [7, 11) is 1.66. The van der Waals surface area contributed by atoms with Crippen LogP contribution in [0.25, 0.3) is 10.6 Å². The van der Waals surface area contributed by atoms with Crippen molar-refractivity contribution in [2.45, 2.75) is 32.6 Å². The van der Waals surface area contributed by atoms with E-state index in [1.807, 2.05) is 29.2 Å². The molecule has 0 aliphatic carbocycles. The summed E-state index contributed by atoms with van der Waals surface area (Å²) < 4.78 is 5.18. The number of rotatable bonds is 5. The average molecular weight is 344 g/mol. The van der Waals surface area contributed by atoms with Crippen molar-refractivity contribution in [2.75, 3.05) is 20.2 Å². The molecule has 1 fully saturated rings. The molecule has 128 valence electrons. The van der Waals surface area contributed by atoms with E-state index in [4.69, 9.17) is 4.74 Å². The molecule has 2 aromatic rings. The first-order valence-electron chi connectivity index (χ1n) is 8.52. The summed E-state index contributed by atoms with van der Waals surface area (Å²) in [5.41, 5.74) is 2.09. The molecule has 0 bridgehead atoms. The highest BCUT2D eigenvalue weighted by Crippen LogP contribution is 2.26. The first-order chi connectivity index (χ1) is 11.7. The topological polar surface area (TPSA) is 42.4 Å². The Bertz CT molecular complexity index is 673. The molecule has 1 amide bonds. The minimum atomic E-state index is 0.265. The molecular weight excluding hydrogens is 320 g/mol. The zero-order valence-electron chi connectivity index (χ0n) is 14.3. The molecule has 5 heteroatoms. The third-order valence-electron chi connectivity index (χ3n) is 4.62. The summed E-state index contributed by atoms with van der Waals surface area (Å²) in [5, 5.41) is 3.05. The molecule has 1 aromatic heterocycles. The average Bonchev–Trinajstić information content (AvgIpc) is 3.09. The monoisotopic (exact) mass is 344 g/mol. The van der Waals surface area contributed by atoms with E-state index in [1.54, 1.807) is 18.4 Å². The second kappa shape index (κ2) is 7.79. The van der Waals surface area contributed by atoms with Crippen LogP contribution in [-0.4, -0.2) is 36.0 Å². The second-order valence-electron chi connectivity index (χ2n) is 6.44. The zero-order valence-corrected chi connectivity index (χ0v) is 15.1. The molecule has 4 nitrogen and oxygen atoms in total. The summed E-state index contributed by atoms with van der Waals surface area (Å²) in [4.78, 5) is 19.0. The molecule has 0 radical (unpaired) electrons. The number of piperidine rings is 1. The predicted molar refractivity (Wildman–Crippen MR) is 97.4 cm³/mol. The van der Waals surface area contributed by atoms with Crippen LogP contribution in [0.4, 0.5) is 0 Å². The van der Waals surface area contributed by atoms with E-state index in [9.17, 15) is 4.79 Å². The molecule has 1 aliphatic rings. The number of aromatic nitrogens is 1. The van der Waals surface area contributed by atoms with E-state index >= 15 is 0 Å². The molecule has 0 atom stereocenters. The lowest BCUT2D eigenvalue weighted by Gasteiger charge is -2.30. The van der Waals surface area contributed by atoms with Gasteiger partial charge in [0, 0.05) is 30.5 Å². The number of benzene rings is 1. The van der Waals surface area contributed by atoms with Crippen molar-refractivity contribution in [3.63, 3.8) is 0 Å². The van der Waals surface area contributed by atoms with Gasteiger partial charge in [0.15, 0.2) is 0 Å². The molecule has 0 unspecified atom stereocenters. The van der Waals surface area contributed by atoms with Gasteiger partial charge in [-0.2, -0.15) is 0 Å². The van der Waals surface area contributed by atoms with E-state index in [-0.39, 0.29) is 5.91 Å². The van der Waals surface area contributed by atoms with Crippen molar-refractivity contribution in [1.82, 2.24) is 9.88 Å². The van der Waals surface area contributed by atoms with Crippen molar-refractivity contribution in [3.8, 4) is 16.3 Å². The molecular formula is C19H24N2O2S. The molecule has 0 saturated carbocycles. The van der Waals surface area contributed by atoms with Crippen LogP contribution in [0.5, 0.6) is 5.75 Å². The van der Waals surface area contributed by atoms with Crippen LogP contribution in [0.2, 0.25) is 0 Å². The fourth-order valence-electron chi connectivity index (χ4n) is 2.94. The lowest BCUT2D eigenvalue weighted by molar-refractivity contribution is -0.132. The number of ether oxygens (including phenoxy) is 1. The minimum absolute atomic E-state index is 0.265. The smallest absolute Gasteiger partial charge is 0.222 e. The van der Waals surface area contributed by atoms with Crippen molar-refractivity contribution in [2.24, 2.45) is 5.92 Å². The van der Waals surface area contributed by atoms with Gasteiger partial charge >= 0.3 is 0 Å². The number of carbonyl (C=O) groups is 1. The third-order valence-corrected chi connectivity index (χ3v) is 5.56. The molecule has 1 aliphatic heterocycles. The van der Waals surface area contributed by atoms with E-state index in [1.165, 1.54) is 0 Å². The Balaban J connectivity index is 1.55. The zero-order chi connectivity index (χ0) is 16.9. The summed E-state index contributed by atoms with van der Waals surface area (Å²) >= 11 is 1.63. The van der Waals surface area contributed by atoms with E-state index < -0.39 is 0 Å². The maximum Gasteiger partial charge on any atom is 0.222 e. The molecule has 1 saturated heterocycles. The second-order valence-corrected chi connectivity index (χ2v) is 7.29. The number of methoxy groups -OCH3 is 1. The van der Waals surface area contributed by atoms with Gasteiger partial charge in [0.2, 0.25) is 5.91 Å². The van der Waals surface area contributed by atoms with Crippen LogP contribution >= 0.6 is 11.3 Å². The van der Waals surface area contributed by atoms with Gasteiger partial charge < -0.3 is 9.64 Å². The number of hydrogen-bond acceptors (Lipinski definition) is 4. The normalized spacial score (nSPS) is 15.5. The first-order valence-corrected chi connectivity index (χ1v) is 9.40. The standard InChI is InChI=1S/C19H24N2O2S/c1-14-9-11-21(12-10-14)18(22)8-5-16-13-24-19(20-16)15-3-6-17(23-2)7-4-15/h3-4,6-7,13-14H,5,8-12H2,1-2H3. The van der Waals surface area contributed by atoms with Crippen LogP contribution in [0, 0.1) is 5.92 Å². The van der Waals surface area contributed by atoms with Gasteiger partial charge in [-0.3, -0.25) is 4.79 Å². The Kier molecular flexibility index (Phi) is 5.51. The van der Waals surface area contributed by atoms with Gasteiger partial charge in [-0.25, -0.2) is 4.98 Å². The fraction of sp³-hybridized carbons (Fsp3) is 0.474. The number of aryl methyl sites for hydroxylation is 1. The molecule has 24 heavy (non-hydrogen) atoms. The SMILES string of the molecule is COc1ccc(-c2nc(CCC(=O)N3CCC(C)CC3)cs2)cc1. The number of amides is 1. The largest absolute Gasteiger partial charge is 0.497 e. The van der Waals surface area contributed by atoms with E-state index in [0.29, 0.717) is 6.42 Å². The van der Waals surface area contributed by atoms with Crippen molar-refractivity contribution < 1.29 is 9.53 Å². The summed E-state index contributed by atoms with van der Waals surface area (Å²) in [6.45, 7) is 4.08. The molecule has 0 spiro atoms. The van der Waals surface area contributed by atoms with Gasteiger partial charge in [0.1, 0.15) is 10.8 Å². The van der Waals surface area contributed by atoms with Crippen LogP contribution in [-0.2, 0) is 11.2 Å². The number of thiazole rings is 1. The Labute approximate surface area is 147 Å². The maximum atomic E-state index is 12.3. The summed E-state index contributed by atoms with van der Waals surface area (Å²) in [6, 6.07) is 7.91. The summed E-state index contributed by atoms with van der Waals surface area (Å²) in [6.07, 6.45) is 3.53. The van der Waals surface area contributed by atoms with Crippen LogP contribution in [0.3, 0.4) is 0 Å². The molecule has 0 N–H and O–H groups in total. The molecule has 3 rings (SSSR count). The van der Waals surface area contributed by atoms with Gasteiger partial charge in [0.05, 0.1) is 12.8 Å². The lowest BCUT2D eigenvalue weighted by Crippen LogP contribution is -2.38. The molecule has 1 aromatic carbocycles. The Morgan fingerprint density at radius 3 is 2.67 bits per heavy atom. The number of likely N-dealkylation sites (tertiary alicyclic amines) is 1. The lowest BCUT2D eigenvalue weighted by atomic mass is 9.99. The van der Waals surface area contributed by atoms with Crippen LogP contribution in [0.1, 0.15) is 31.9 Å². The number of nitrogens with zero attached hydrogens (tertiary/aromatic N) is 2.